The molecule has 2 N–H and O–H groups in total. The van der Waals surface area contributed by atoms with Crippen LogP contribution < -0.4 is 10.6 Å². The minimum atomic E-state index is 0.218. The maximum atomic E-state index is 3.84. The zero-order valence-corrected chi connectivity index (χ0v) is 30.1. The molecular formula is C35H76N4. The number of nitrogens with one attached hydrogen (secondary N) is 2. The molecule has 0 radical (unpaired) electrons. The lowest BCUT2D eigenvalue weighted by molar-refractivity contribution is 0.0359. The van der Waals surface area contributed by atoms with Gasteiger partial charge in [-0.3, -0.25) is 9.80 Å². The third-order valence-electron chi connectivity index (χ3n) is 8.17. The summed E-state index contributed by atoms with van der Waals surface area (Å²) in [5.74, 6) is 0. The largest absolute Gasteiger partial charge is 0.312 e. The molecule has 0 fully saturated rings. The van der Waals surface area contributed by atoms with E-state index in [0.717, 1.165) is 13.1 Å². The third-order valence-corrected chi connectivity index (χ3v) is 8.17. The van der Waals surface area contributed by atoms with E-state index in [1.54, 1.807) is 0 Å². The molecule has 0 heterocycles. The molecule has 0 atom stereocenters. The van der Waals surface area contributed by atoms with Gasteiger partial charge in [0.25, 0.3) is 0 Å². The Hall–Kier alpha value is -0.160. The van der Waals surface area contributed by atoms with Crippen LogP contribution in [0.4, 0.5) is 0 Å². The van der Waals surface area contributed by atoms with Gasteiger partial charge in [0, 0.05) is 33.2 Å². The van der Waals surface area contributed by atoms with Crippen molar-refractivity contribution < 1.29 is 0 Å². The van der Waals surface area contributed by atoms with Crippen molar-refractivity contribution in [3.8, 4) is 0 Å². The van der Waals surface area contributed by atoms with Gasteiger partial charge in [0.2, 0.25) is 0 Å². The molecule has 236 valence electrons. The number of rotatable bonds is 18. The van der Waals surface area contributed by atoms with Gasteiger partial charge in [0.05, 0.1) is 0 Å². The third kappa shape index (κ3) is 18.1. The van der Waals surface area contributed by atoms with Crippen LogP contribution in [-0.2, 0) is 0 Å². The monoisotopic (exact) mass is 553 g/mol. The van der Waals surface area contributed by atoms with E-state index in [0.29, 0.717) is 0 Å². The van der Waals surface area contributed by atoms with Crippen LogP contribution in [0.25, 0.3) is 0 Å². The summed E-state index contributed by atoms with van der Waals surface area (Å²) in [5.41, 5.74) is 1.33. The predicted molar refractivity (Wildman–Crippen MR) is 178 cm³/mol. The first-order valence-electron chi connectivity index (χ1n) is 16.4. The zero-order valence-electron chi connectivity index (χ0n) is 30.1. The van der Waals surface area contributed by atoms with Crippen molar-refractivity contribution in [1.82, 2.24) is 20.4 Å². The van der Waals surface area contributed by atoms with Crippen molar-refractivity contribution in [2.24, 2.45) is 0 Å². The fourth-order valence-corrected chi connectivity index (χ4v) is 6.48. The maximum Gasteiger partial charge on any atom is 0.0130 e. The first kappa shape index (κ1) is 38.8. The van der Waals surface area contributed by atoms with E-state index < -0.39 is 0 Å². The van der Waals surface area contributed by atoms with Gasteiger partial charge in [0.1, 0.15) is 0 Å². The fraction of sp³-hybridized carbons (Fsp3) is 1.00. The van der Waals surface area contributed by atoms with Crippen LogP contribution >= 0.6 is 0 Å². The van der Waals surface area contributed by atoms with Gasteiger partial charge in [0.15, 0.2) is 0 Å². The van der Waals surface area contributed by atoms with Crippen molar-refractivity contribution in [1.29, 1.82) is 0 Å². The summed E-state index contributed by atoms with van der Waals surface area (Å²) in [6.45, 7) is 42.3. The first-order valence-corrected chi connectivity index (χ1v) is 16.4. The second kappa shape index (κ2) is 15.9. The van der Waals surface area contributed by atoms with Crippen LogP contribution in [-0.4, -0.2) is 69.2 Å². The molecule has 0 aliphatic carbocycles. The second-order valence-corrected chi connectivity index (χ2v) is 17.6. The molecule has 4 heteroatoms. The molecule has 0 aromatic rings. The highest BCUT2D eigenvalue weighted by Gasteiger charge is 2.32. The van der Waals surface area contributed by atoms with Crippen molar-refractivity contribution in [3.05, 3.63) is 0 Å². The zero-order chi connectivity index (χ0) is 30.8. The second-order valence-electron chi connectivity index (χ2n) is 17.6. The lowest BCUT2D eigenvalue weighted by atomic mass is 9.93. The molecule has 0 rings (SSSR count). The number of nitrogens with zero attached hydrogens (tertiary/aromatic N) is 2. The molecule has 0 saturated heterocycles. The van der Waals surface area contributed by atoms with E-state index in [2.05, 4.69) is 131 Å². The first-order chi connectivity index (χ1) is 17.4. The van der Waals surface area contributed by atoms with Crippen LogP contribution in [0, 0.1) is 0 Å². The molecule has 0 saturated carbocycles. The molecule has 0 aliphatic rings. The highest BCUT2D eigenvalue weighted by Crippen LogP contribution is 2.27. The summed E-state index contributed by atoms with van der Waals surface area (Å²) in [6, 6.07) is 0. The van der Waals surface area contributed by atoms with Gasteiger partial charge in [-0.15, -0.1) is 0 Å². The summed E-state index contributed by atoms with van der Waals surface area (Å²) in [4.78, 5) is 5.31. The lowest BCUT2D eigenvalue weighted by Crippen LogP contribution is -2.52. The minimum absolute atomic E-state index is 0.218. The fourth-order valence-electron chi connectivity index (χ4n) is 6.48. The predicted octanol–water partition coefficient (Wildman–Crippen LogP) is 9.03. The molecule has 4 nitrogen and oxygen atoms in total. The van der Waals surface area contributed by atoms with E-state index in [4.69, 9.17) is 0 Å². The van der Waals surface area contributed by atoms with Gasteiger partial charge >= 0.3 is 0 Å². The summed E-state index contributed by atoms with van der Waals surface area (Å²) >= 11 is 0. The standard InChI is InChI=1S/C35H76N4/c1-30(2,3)38(31(4,5)6)28-22-18-24-34(13,14)36-26-20-17-21-27-37-35(15,16)25-19-23-29-39(32(7,8)9)33(10,11)12/h36-37H,17-29H2,1-16H3. The van der Waals surface area contributed by atoms with E-state index >= 15 is 0 Å². The van der Waals surface area contributed by atoms with Gasteiger partial charge in [-0.25, -0.2) is 0 Å². The quantitative estimate of drug-likeness (QED) is 0.166. The summed E-state index contributed by atoms with van der Waals surface area (Å²) in [5, 5.41) is 7.68. The van der Waals surface area contributed by atoms with Gasteiger partial charge in [-0.1, -0.05) is 19.3 Å². The molecule has 0 spiro atoms. The molecule has 0 bridgehead atoms. The summed E-state index contributed by atoms with van der Waals surface area (Å²) in [6.07, 6.45) is 11.4. The smallest absolute Gasteiger partial charge is 0.0130 e. The van der Waals surface area contributed by atoms with Crippen LogP contribution in [0.15, 0.2) is 0 Å². The van der Waals surface area contributed by atoms with Crippen LogP contribution in [0.3, 0.4) is 0 Å². The Labute approximate surface area is 248 Å². The average Bonchev–Trinajstić information content (AvgIpc) is 2.68. The van der Waals surface area contributed by atoms with Gasteiger partial charge < -0.3 is 10.6 Å². The van der Waals surface area contributed by atoms with E-state index in [-0.39, 0.29) is 33.2 Å². The van der Waals surface area contributed by atoms with Gasteiger partial charge in [-0.2, -0.15) is 0 Å². The molecule has 0 amide bonds. The Kier molecular flexibility index (Phi) is 15.8. The normalized spacial score (nSPS) is 14.6. The SMILES string of the molecule is CC(C)(CCCCN(C(C)(C)C)C(C)(C)C)NCCCCCNC(C)(C)CCCCN(C(C)(C)C)C(C)(C)C. The number of hydrogen-bond donors (Lipinski definition) is 2. The Balaban J connectivity index is 4.11. The average molecular weight is 553 g/mol. The van der Waals surface area contributed by atoms with Crippen LogP contribution in [0.2, 0.25) is 0 Å². The Morgan fingerprint density at radius 1 is 0.359 bits per heavy atom. The molecule has 0 aliphatic heterocycles. The molecule has 0 aromatic heterocycles. The van der Waals surface area contributed by atoms with Crippen molar-refractivity contribution >= 4 is 0 Å². The minimum Gasteiger partial charge on any atom is -0.312 e. The van der Waals surface area contributed by atoms with Gasteiger partial charge in [-0.05, 0) is 175 Å². The van der Waals surface area contributed by atoms with Crippen molar-refractivity contribution in [2.45, 2.75) is 202 Å². The van der Waals surface area contributed by atoms with E-state index in [1.807, 2.05) is 0 Å². The topological polar surface area (TPSA) is 30.5 Å². The van der Waals surface area contributed by atoms with E-state index in [9.17, 15) is 0 Å². The number of hydrogen-bond acceptors (Lipinski definition) is 4. The lowest BCUT2D eigenvalue weighted by Gasteiger charge is -2.45. The Morgan fingerprint density at radius 3 is 0.897 bits per heavy atom. The van der Waals surface area contributed by atoms with Crippen molar-refractivity contribution in [3.63, 3.8) is 0 Å². The highest BCUT2D eigenvalue weighted by atomic mass is 15.2. The van der Waals surface area contributed by atoms with Crippen molar-refractivity contribution in [2.75, 3.05) is 26.2 Å². The highest BCUT2D eigenvalue weighted by molar-refractivity contribution is 4.88. The Bertz CT molecular complexity index is 554. The molecule has 0 unspecified atom stereocenters. The van der Waals surface area contributed by atoms with Crippen LogP contribution in [0.1, 0.15) is 169 Å². The maximum absolute atomic E-state index is 3.84. The summed E-state index contributed by atoms with van der Waals surface area (Å²) in [7, 11) is 0. The number of unbranched alkanes of at least 4 members (excludes halogenated alkanes) is 4. The molecule has 39 heavy (non-hydrogen) atoms. The van der Waals surface area contributed by atoms with E-state index in [1.165, 1.54) is 70.9 Å². The molecular weight excluding hydrogens is 476 g/mol. The summed E-state index contributed by atoms with van der Waals surface area (Å²) < 4.78 is 0. The molecule has 0 aromatic carbocycles. The Morgan fingerprint density at radius 2 is 0.641 bits per heavy atom. The van der Waals surface area contributed by atoms with Crippen LogP contribution in [0.5, 0.6) is 0 Å².